The summed E-state index contributed by atoms with van der Waals surface area (Å²) in [6.45, 7) is 0. The Labute approximate surface area is 125 Å². The predicted octanol–water partition coefficient (Wildman–Crippen LogP) is 4.85. The summed E-state index contributed by atoms with van der Waals surface area (Å²) in [5.74, 6) is -0.118. The molecule has 0 spiro atoms. The number of hydrogen-bond donors (Lipinski definition) is 1. The van der Waals surface area contributed by atoms with Gasteiger partial charge in [0.15, 0.2) is 0 Å². The number of fused-ring (bicyclic) bond motifs is 1. The lowest BCUT2D eigenvalue weighted by Gasteiger charge is -2.08. The van der Waals surface area contributed by atoms with Crippen molar-refractivity contribution in [2.24, 2.45) is 0 Å². The molecule has 0 fully saturated rings. The molecule has 20 heavy (non-hydrogen) atoms. The molecule has 0 aliphatic heterocycles. The fourth-order valence-electron chi connectivity index (χ4n) is 2.11. The molecule has 0 atom stereocenters. The number of hydrogen-bond acceptors (Lipinski definition) is 1. The molecule has 3 rings (SSSR count). The highest BCUT2D eigenvalue weighted by atomic mass is 79.9. The van der Waals surface area contributed by atoms with Gasteiger partial charge < -0.3 is 5.32 Å². The number of amides is 1. The van der Waals surface area contributed by atoms with Crippen molar-refractivity contribution in [2.75, 3.05) is 5.32 Å². The maximum absolute atomic E-state index is 12.2. The number of benzene rings is 3. The van der Waals surface area contributed by atoms with Gasteiger partial charge in [-0.3, -0.25) is 4.79 Å². The van der Waals surface area contributed by atoms with Crippen LogP contribution in [0, 0.1) is 0 Å². The molecule has 1 amide bonds. The first-order chi connectivity index (χ1) is 9.74. The molecule has 2 nitrogen and oxygen atoms in total. The van der Waals surface area contributed by atoms with Gasteiger partial charge >= 0.3 is 0 Å². The van der Waals surface area contributed by atoms with Gasteiger partial charge in [-0.1, -0.05) is 42.5 Å². The Kier molecular flexibility index (Phi) is 3.52. The highest BCUT2D eigenvalue weighted by Crippen LogP contribution is 2.21. The first kappa shape index (κ1) is 12.9. The average Bonchev–Trinajstić information content (AvgIpc) is 2.47. The van der Waals surface area contributed by atoms with Crippen LogP contribution in [0.2, 0.25) is 0 Å². The molecular formula is C17H12BrNO. The van der Waals surface area contributed by atoms with Gasteiger partial charge in [0, 0.05) is 10.2 Å². The summed E-state index contributed by atoms with van der Waals surface area (Å²) in [6, 6.07) is 21.3. The van der Waals surface area contributed by atoms with E-state index in [1.54, 1.807) is 6.07 Å². The zero-order valence-corrected chi connectivity index (χ0v) is 12.2. The van der Waals surface area contributed by atoms with E-state index in [1.807, 2.05) is 54.6 Å². The van der Waals surface area contributed by atoms with Gasteiger partial charge in [-0.05, 0) is 51.0 Å². The molecule has 0 aliphatic carbocycles. The minimum Gasteiger partial charge on any atom is -0.322 e. The number of carbonyl (C=O) groups excluding carboxylic acids is 1. The SMILES string of the molecule is O=C(Nc1ccc2ccccc2c1)c1ccccc1Br. The van der Waals surface area contributed by atoms with Crippen LogP contribution in [-0.4, -0.2) is 5.91 Å². The third-order valence-electron chi connectivity index (χ3n) is 3.13. The maximum Gasteiger partial charge on any atom is 0.256 e. The molecule has 0 saturated heterocycles. The molecular weight excluding hydrogens is 314 g/mol. The van der Waals surface area contributed by atoms with E-state index in [4.69, 9.17) is 0 Å². The minimum atomic E-state index is -0.118. The summed E-state index contributed by atoms with van der Waals surface area (Å²) in [5.41, 5.74) is 1.42. The normalized spacial score (nSPS) is 10.4. The van der Waals surface area contributed by atoms with Crippen LogP contribution in [0.1, 0.15) is 10.4 Å². The first-order valence-electron chi connectivity index (χ1n) is 6.29. The molecule has 3 aromatic rings. The Morgan fingerprint density at radius 3 is 2.35 bits per heavy atom. The summed E-state index contributed by atoms with van der Waals surface area (Å²) in [6.07, 6.45) is 0. The Hall–Kier alpha value is -2.13. The number of anilines is 1. The van der Waals surface area contributed by atoms with Crippen molar-refractivity contribution in [2.45, 2.75) is 0 Å². The average molecular weight is 326 g/mol. The fourth-order valence-corrected chi connectivity index (χ4v) is 2.58. The lowest BCUT2D eigenvalue weighted by molar-refractivity contribution is 0.102. The van der Waals surface area contributed by atoms with Crippen LogP contribution in [0.5, 0.6) is 0 Å². The Bertz CT molecular complexity index is 783. The van der Waals surface area contributed by atoms with Crippen LogP contribution < -0.4 is 5.32 Å². The van der Waals surface area contributed by atoms with Gasteiger partial charge in [0.05, 0.1) is 5.56 Å². The van der Waals surface area contributed by atoms with Crippen LogP contribution in [-0.2, 0) is 0 Å². The summed E-state index contributed by atoms with van der Waals surface area (Å²) in [5, 5.41) is 5.19. The monoisotopic (exact) mass is 325 g/mol. The molecule has 3 heteroatoms. The van der Waals surface area contributed by atoms with Gasteiger partial charge in [0.2, 0.25) is 0 Å². The lowest BCUT2D eigenvalue weighted by atomic mass is 10.1. The largest absolute Gasteiger partial charge is 0.322 e. The molecule has 1 N–H and O–H groups in total. The van der Waals surface area contributed by atoms with Crippen LogP contribution in [0.15, 0.2) is 71.2 Å². The van der Waals surface area contributed by atoms with Crippen molar-refractivity contribution >= 4 is 38.3 Å². The molecule has 0 bridgehead atoms. The zero-order valence-electron chi connectivity index (χ0n) is 10.6. The Balaban J connectivity index is 1.89. The van der Waals surface area contributed by atoms with Crippen molar-refractivity contribution in [1.29, 1.82) is 0 Å². The standard InChI is InChI=1S/C17H12BrNO/c18-16-8-4-3-7-15(16)17(20)19-14-10-9-12-5-1-2-6-13(12)11-14/h1-11H,(H,19,20). The topological polar surface area (TPSA) is 29.1 Å². The van der Waals surface area contributed by atoms with Gasteiger partial charge in [0.1, 0.15) is 0 Å². The molecule has 3 aromatic carbocycles. The van der Waals surface area contributed by atoms with E-state index in [9.17, 15) is 4.79 Å². The van der Waals surface area contributed by atoms with E-state index in [2.05, 4.69) is 27.3 Å². The summed E-state index contributed by atoms with van der Waals surface area (Å²) in [7, 11) is 0. The van der Waals surface area contributed by atoms with E-state index in [0.717, 1.165) is 20.9 Å². The highest BCUT2D eigenvalue weighted by molar-refractivity contribution is 9.10. The second kappa shape index (κ2) is 5.47. The molecule has 0 aliphatic rings. The van der Waals surface area contributed by atoms with Gasteiger partial charge in [0.25, 0.3) is 5.91 Å². The lowest BCUT2D eigenvalue weighted by Crippen LogP contribution is -2.12. The highest BCUT2D eigenvalue weighted by Gasteiger charge is 2.09. The summed E-state index contributed by atoms with van der Waals surface area (Å²) in [4.78, 5) is 12.2. The molecule has 98 valence electrons. The summed E-state index contributed by atoms with van der Waals surface area (Å²) >= 11 is 3.39. The zero-order chi connectivity index (χ0) is 13.9. The summed E-state index contributed by atoms with van der Waals surface area (Å²) < 4.78 is 0.790. The van der Waals surface area contributed by atoms with E-state index in [0.29, 0.717) is 5.56 Å². The molecule has 0 saturated carbocycles. The Morgan fingerprint density at radius 2 is 1.55 bits per heavy atom. The molecule has 0 unspecified atom stereocenters. The van der Waals surface area contributed by atoms with Gasteiger partial charge in [-0.25, -0.2) is 0 Å². The van der Waals surface area contributed by atoms with Crippen molar-refractivity contribution in [1.82, 2.24) is 0 Å². The number of nitrogens with one attached hydrogen (secondary N) is 1. The maximum atomic E-state index is 12.2. The van der Waals surface area contributed by atoms with Crippen molar-refractivity contribution in [3.05, 3.63) is 76.8 Å². The number of carbonyl (C=O) groups is 1. The second-order valence-electron chi connectivity index (χ2n) is 4.50. The van der Waals surface area contributed by atoms with Crippen molar-refractivity contribution in [3.8, 4) is 0 Å². The minimum absolute atomic E-state index is 0.118. The van der Waals surface area contributed by atoms with Crippen LogP contribution in [0.3, 0.4) is 0 Å². The number of rotatable bonds is 2. The quantitative estimate of drug-likeness (QED) is 0.716. The molecule has 0 heterocycles. The van der Waals surface area contributed by atoms with E-state index < -0.39 is 0 Å². The number of halogens is 1. The Morgan fingerprint density at radius 1 is 0.850 bits per heavy atom. The van der Waals surface area contributed by atoms with Gasteiger partial charge in [-0.15, -0.1) is 0 Å². The van der Waals surface area contributed by atoms with E-state index in [1.165, 1.54) is 0 Å². The fraction of sp³-hybridized carbons (Fsp3) is 0. The van der Waals surface area contributed by atoms with Crippen molar-refractivity contribution < 1.29 is 4.79 Å². The third kappa shape index (κ3) is 2.58. The molecule has 0 aromatic heterocycles. The molecule has 0 radical (unpaired) electrons. The van der Waals surface area contributed by atoms with Crippen LogP contribution in [0.25, 0.3) is 10.8 Å². The van der Waals surface area contributed by atoms with Crippen LogP contribution >= 0.6 is 15.9 Å². The van der Waals surface area contributed by atoms with E-state index in [-0.39, 0.29) is 5.91 Å². The first-order valence-corrected chi connectivity index (χ1v) is 7.08. The smallest absolute Gasteiger partial charge is 0.256 e. The van der Waals surface area contributed by atoms with Crippen molar-refractivity contribution in [3.63, 3.8) is 0 Å². The third-order valence-corrected chi connectivity index (χ3v) is 3.82. The van der Waals surface area contributed by atoms with Gasteiger partial charge in [-0.2, -0.15) is 0 Å². The van der Waals surface area contributed by atoms with Crippen LogP contribution in [0.4, 0.5) is 5.69 Å². The van der Waals surface area contributed by atoms with E-state index >= 15 is 0 Å². The predicted molar refractivity (Wildman–Crippen MR) is 86.0 cm³/mol. The second-order valence-corrected chi connectivity index (χ2v) is 5.35.